The quantitative estimate of drug-likeness (QED) is 0.844. The van der Waals surface area contributed by atoms with Crippen molar-refractivity contribution in [2.75, 3.05) is 13.1 Å². The van der Waals surface area contributed by atoms with Gasteiger partial charge >= 0.3 is 6.18 Å². The number of rotatable bonds is 2. The first-order valence-electron chi connectivity index (χ1n) is 7.29. The predicted molar refractivity (Wildman–Crippen MR) is 77.1 cm³/mol. The van der Waals surface area contributed by atoms with Gasteiger partial charge in [-0.1, -0.05) is 0 Å². The minimum atomic E-state index is -4.41. The molecule has 0 saturated carbocycles. The number of halogens is 3. The summed E-state index contributed by atoms with van der Waals surface area (Å²) in [6.07, 6.45) is -2.61. The van der Waals surface area contributed by atoms with E-state index in [2.05, 4.69) is 4.98 Å². The number of Topliss-reactive ketones (excluding diaryl/α,β-unsaturated/α-hetero) is 1. The van der Waals surface area contributed by atoms with Crippen LogP contribution in [-0.2, 0) is 11.0 Å². The standard InChI is InChI=1S/C16H13F3N2O3/c17-16(18,19)11-3-1-10(2-4-11)14-20-13(9-24-14)15(23)21-7-5-12(22)6-8-21/h1-4,9H,5-8H2. The number of carbonyl (C=O) groups excluding carboxylic acids is 2. The number of piperidine rings is 1. The highest BCUT2D eigenvalue weighted by Crippen LogP contribution is 2.30. The smallest absolute Gasteiger partial charge is 0.416 e. The third-order valence-electron chi connectivity index (χ3n) is 3.79. The van der Waals surface area contributed by atoms with E-state index in [1.807, 2.05) is 0 Å². The molecule has 0 N–H and O–H groups in total. The molecule has 1 amide bonds. The topological polar surface area (TPSA) is 63.4 Å². The highest BCUT2D eigenvalue weighted by molar-refractivity contribution is 5.93. The van der Waals surface area contributed by atoms with Crippen LogP contribution in [0.25, 0.3) is 11.5 Å². The van der Waals surface area contributed by atoms with E-state index in [0.717, 1.165) is 12.1 Å². The van der Waals surface area contributed by atoms with E-state index in [9.17, 15) is 22.8 Å². The van der Waals surface area contributed by atoms with Crippen LogP contribution in [0.1, 0.15) is 28.9 Å². The maximum atomic E-state index is 12.6. The van der Waals surface area contributed by atoms with E-state index < -0.39 is 11.7 Å². The number of hydrogen-bond donors (Lipinski definition) is 0. The summed E-state index contributed by atoms with van der Waals surface area (Å²) < 4.78 is 42.9. The van der Waals surface area contributed by atoms with E-state index in [1.54, 1.807) is 0 Å². The lowest BCUT2D eigenvalue weighted by atomic mass is 10.1. The first-order valence-corrected chi connectivity index (χ1v) is 7.29. The first-order chi connectivity index (χ1) is 11.3. The SMILES string of the molecule is O=C1CCN(C(=O)c2coc(-c3ccc(C(F)(F)F)cc3)n2)CC1. The number of aromatic nitrogens is 1. The summed E-state index contributed by atoms with van der Waals surface area (Å²) in [5.74, 6) is -0.172. The van der Waals surface area contributed by atoms with E-state index in [1.165, 1.54) is 23.3 Å². The number of oxazole rings is 1. The van der Waals surface area contributed by atoms with Gasteiger partial charge in [-0.25, -0.2) is 4.98 Å². The summed E-state index contributed by atoms with van der Waals surface area (Å²) in [5, 5.41) is 0. The summed E-state index contributed by atoms with van der Waals surface area (Å²) in [7, 11) is 0. The maximum absolute atomic E-state index is 12.6. The fourth-order valence-electron chi connectivity index (χ4n) is 2.43. The van der Waals surface area contributed by atoms with Gasteiger partial charge in [-0.2, -0.15) is 13.2 Å². The summed E-state index contributed by atoms with van der Waals surface area (Å²) in [6, 6.07) is 4.33. The molecule has 0 unspecified atom stereocenters. The predicted octanol–water partition coefficient (Wildman–Crippen LogP) is 3.17. The van der Waals surface area contributed by atoms with Crippen molar-refractivity contribution in [1.82, 2.24) is 9.88 Å². The lowest BCUT2D eigenvalue weighted by Gasteiger charge is -2.24. The number of amides is 1. The summed E-state index contributed by atoms with van der Waals surface area (Å²) in [4.78, 5) is 29.0. The Morgan fingerprint density at radius 1 is 1.12 bits per heavy atom. The van der Waals surface area contributed by atoms with Gasteiger partial charge in [-0.15, -0.1) is 0 Å². The third kappa shape index (κ3) is 3.32. The molecule has 126 valence electrons. The van der Waals surface area contributed by atoms with Gasteiger partial charge in [0.25, 0.3) is 5.91 Å². The zero-order valence-electron chi connectivity index (χ0n) is 12.5. The monoisotopic (exact) mass is 338 g/mol. The molecule has 0 spiro atoms. The number of nitrogens with zero attached hydrogens (tertiary/aromatic N) is 2. The Morgan fingerprint density at radius 3 is 2.33 bits per heavy atom. The van der Waals surface area contributed by atoms with Crippen molar-refractivity contribution in [2.24, 2.45) is 0 Å². The van der Waals surface area contributed by atoms with Crippen molar-refractivity contribution < 1.29 is 27.2 Å². The molecule has 1 fully saturated rings. The van der Waals surface area contributed by atoms with Gasteiger partial charge in [0.05, 0.1) is 5.56 Å². The van der Waals surface area contributed by atoms with Crippen molar-refractivity contribution in [3.8, 4) is 11.5 Å². The Bertz CT molecular complexity index is 756. The van der Waals surface area contributed by atoms with Crippen LogP contribution in [0.5, 0.6) is 0 Å². The third-order valence-corrected chi connectivity index (χ3v) is 3.79. The van der Waals surface area contributed by atoms with Gasteiger partial charge < -0.3 is 9.32 Å². The van der Waals surface area contributed by atoms with Gasteiger partial charge in [0.15, 0.2) is 5.69 Å². The average molecular weight is 338 g/mol. The van der Waals surface area contributed by atoms with Crippen LogP contribution in [0.4, 0.5) is 13.2 Å². The van der Waals surface area contributed by atoms with E-state index >= 15 is 0 Å². The van der Waals surface area contributed by atoms with E-state index in [0.29, 0.717) is 31.5 Å². The second kappa shape index (κ2) is 6.10. The number of benzene rings is 1. The van der Waals surface area contributed by atoms with Gasteiger partial charge in [-0.05, 0) is 24.3 Å². The molecule has 0 bridgehead atoms. The fraction of sp³-hybridized carbons (Fsp3) is 0.312. The molecule has 1 aromatic carbocycles. The summed E-state index contributed by atoms with van der Waals surface area (Å²) >= 11 is 0. The van der Waals surface area contributed by atoms with Crippen molar-refractivity contribution in [3.05, 3.63) is 41.8 Å². The Balaban J connectivity index is 1.75. The zero-order valence-corrected chi connectivity index (χ0v) is 12.5. The molecule has 1 saturated heterocycles. The minimum Gasteiger partial charge on any atom is -0.444 e. The molecule has 5 nitrogen and oxygen atoms in total. The number of carbonyl (C=O) groups is 2. The van der Waals surface area contributed by atoms with Crippen molar-refractivity contribution in [2.45, 2.75) is 19.0 Å². The molecular weight excluding hydrogens is 325 g/mol. The molecule has 2 aromatic rings. The zero-order chi connectivity index (χ0) is 17.3. The first kappa shape index (κ1) is 16.2. The molecule has 1 aliphatic heterocycles. The Hall–Kier alpha value is -2.64. The number of likely N-dealkylation sites (tertiary alicyclic amines) is 1. The van der Waals surface area contributed by atoms with Crippen LogP contribution in [0.2, 0.25) is 0 Å². The highest BCUT2D eigenvalue weighted by Gasteiger charge is 2.30. The van der Waals surface area contributed by atoms with Gasteiger partial charge in [0, 0.05) is 31.5 Å². The van der Waals surface area contributed by atoms with Gasteiger partial charge in [0.1, 0.15) is 12.0 Å². The molecule has 1 aromatic heterocycles. The van der Waals surface area contributed by atoms with Gasteiger partial charge in [-0.3, -0.25) is 9.59 Å². The maximum Gasteiger partial charge on any atom is 0.416 e. The lowest BCUT2D eigenvalue weighted by Crippen LogP contribution is -2.38. The largest absolute Gasteiger partial charge is 0.444 e. The van der Waals surface area contributed by atoms with Gasteiger partial charge in [0.2, 0.25) is 5.89 Å². The Kier molecular flexibility index (Phi) is 4.13. The number of alkyl halides is 3. The molecule has 8 heteroatoms. The molecule has 0 aliphatic carbocycles. The van der Waals surface area contributed by atoms with Crippen LogP contribution in [0, 0.1) is 0 Å². The second-order valence-electron chi connectivity index (χ2n) is 5.44. The van der Waals surface area contributed by atoms with Crippen molar-refractivity contribution in [3.63, 3.8) is 0 Å². The molecule has 3 rings (SSSR count). The normalized spacial score (nSPS) is 15.6. The Labute approximate surface area is 135 Å². The summed E-state index contributed by atoms with van der Waals surface area (Å²) in [6.45, 7) is 0.667. The highest BCUT2D eigenvalue weighted by atomic mass is 19.4. The van der Waals surface area contributed by atoms with Crippen LogP contribution >= 0.6 is 0 Å². The van der Waals surface area contributed by atoms with Crippen LogP contribution < -0.4 is 0 Å². The van der Waals surface area contributed by atoms with E-state index in [4.69, 9.17) is 4.42 Å². The molecule has 0 atom stereocenters. The molecule has 1 aliphatic rings. The molecule has 0 radical (unpaired) electrons. The van der Waals surface area contributed by atoms with Crippen molar-refractivity contribution in [1.29, 1.82) is 0 Å². The lowest BCUT2D eigenvalue weighted by molar-refractivity contribution is -0.137. The Morgan fingerprint density at radius 2 is 1.75 bits per heavy atom. The van der Waals surface area contributed by atoms with Crippen LogP contribution in [-0.4, -0.2) is 34.7 Å². The average Bonchev–Trinajstić information content (AvgIpc) is 3.04. The number of hydrogen-bond acceptors (Lipinski definition) is 4. The van der Waals surface area contributed by atoms with Crippen LogP contribution in [0.15, 0.2) is 34.9 Å². The fourth-order valence-corrected chi connectivity index (χ4v) is 2.43. The van der Waals surface area contributed by atoms with Crippen molar-refractivity contribution >= 4 is 11.7 Å². The molecule has 24 heavy (non-hydrogen) atoms. The molecular formula is C16H13F3N2O3. The number of ketones is 1. The van der Waals surface area contributed by atoms with Crippen LogP contribution in [0.3, 0.4) is 0 Å². The second-order valence-corrected chi connectivity index (χ2v) is 5.44. The van der Waals surface area contributed by atoms with E-state index in [-0.39, 0.29) is 23.3 Å². The molecule has 2 heterocycles. The minimum absolute atomic E-state index is 0.0687. The summed E-state index contributed by atoms with van der Waals surface area (Å²) in [5.41, 5.74) is -0.359.